The molecule has 2 aliphatic heterocycles. The number of nitrogens with zero attached hydrogens (tertiary/aromatic N) is 2. The zero-order valence-corrected chi connectivity index (χ0v) is 31.3. The second kappa shape index (κ2) is 13.7. The third-order valence-corrected chi connectivity index (χ3v) is 11.7. The highest BCUT2D eigenvalue weighted by Gasteiger charge is 2.44. The lowest BCUT2D eigenvalue weighted by molar-refractivity contribution is 1.25. The van der Waals surface area contributed by atoms with Gasteiger partial charge in [0, 0.05) is 34.0 Å². The molecule has 57 heavy (non-hydrogen) atoms. The predicted molar refractivity (Wildman–Crippen MR) is 242 cm³/mol. The molecule has 0 atom stereocenters. The second-order valence-corrected chi connectivity index (χ2v) is 14.9. The molecule has 0 bridgehead atoms. The van der Waals surface area contributed by atoms with Gasteiger partial charge in [-0.25, -0.2) is 0 Å². The molecule has 266 valence electrons. The molecule has 0 saturated carbocycles. The summed E-state index contributed by atoms with van der Waals surface area (Å²) in [7, 11) is 0. The summed E-state index contributed by atoms with van der Waals surface area (Å²) in [6.45, 7) is -0.0324. The molecule has 0 N–H and O–H groups in total. The highest BCUT2D eigenvalue weighted by atomic mass is 15.2. The largest absolute Gasteiger partial charge is 0.311 e. The predicted octanol–water partition coefficient (Wildman–Crippen LogP) is 12.4. The Morgan fingerprint density at radius 2 is 0.719 bits per heavy atom. The zero-order chi connectivity index (χ0) is 37.7. The lowest BCUT2D eigenvalue weighted by atomic mass is 9.32. The fourth-order valence-electron chi connectivity index (χ4n) is 9.19. The van der Waals surface area contributed by atoms with Gasteiger partial charge in [-0.05, 0) is 97.8 Å². The van der Waals surface area contributed by atoms with Gasteiger partial charge in [-0.2, -0.15) is 0 Å². The van der Waals surface area contributed by atoms with E-state index in [0.717, 1.165) is 11.4 Å². The van der Waals surface area contributed by atoms with Crippen molar-refractivity contribution in [3.05, 3.63) is 224 Å². The van der Waals surface area contributed by atoms with Crippen molar-refractivity contribution in [2.45, 2.75) is 0 Å². The van der Waals surface area contributed by atoms with E-state index < -0.39 is 0 Å². The minimum absolute atomic E-state index is 0.0324. The normalized spacial score (nSPS) is 12.5. The molecule has 9 aromatic rings. The monoisotopic (exact) mass is 724 g/mol. The van der Waals surface area contributed by atoms with Crippen LogP contribution < -0.4 is 26.2 Å². The Labute approximate surface area is 334 Å². The van der Waals surface area contributed by atoms with Crippen molar-refractivity contribution in [1.29, 1.82) is 0 Å². The van der Waals surface area contributed by atoms with Crippen molar-refractivity contribution in [2.75, 3.05) is 9.80 Å². The first-order valence-corrected chi connectivity index (χ1v) is 19.7. The molecule has 2 nitrogen and oxygen atoms in total. The summed E-state index contributed by atoms with van der Waals surface area (Å²) in [5.41, 5.74) is 20.7. The maximum Gasteiger partial charge on any atom is 0.252 e. The molecule has 0 saturated heterocycles. The number of rotatable bonds is 6. The summed E-state index contributed by atoms with van der Waals surface area (Å²) in [6.07, 6.45) is 0. The van der Waals surface area contributed by atoms with Crippen molar-refractivity contribution >= 4 is 57.2 Å². The van der Waals surface area contributed by atoms with Gasteiger partial charge in [-0.15, -0.1) is 0 Å². The fraction of sp³-hybridized carbons (Fsp3) is 0. The summed E-state index contributed by atoms with van der Waals surface area (Å²) in [5, 5.41) is 0. The van der Waals surface area contributed by atoms with E-state index >= 15 is 0 Å². The van der Waals surface area contributed by atoms with E-state index in [-0.39, 0.29) is 6.71 Å². The van der Waals surface area contributed by atoms with Gasteiger partial charge in [0.1, 0.15) is 0 Å². The standard InChI is InChI=1S/C54H37BN2/c1-5-18-38(19-6-1)42-26-15-27-44(36-42)56-49-35-34-43(39-20-7-2-8-21-39)37-47(49)55-53-46(41-24-11-4-12-25-41)29-16-31-50(53)57(52-33-17-32-51(56)54(52)55)48-30-14-13-28-45(48)40-22-9-3-10-23-40/h1-37H. The highest BCUT2D eigenvalue weighted by molar-refractivity contribution is 7.01. The Kier molecular flexibility index (Phi) is 7.96. The molecule has 2 aliphatic rings. The van der Waals surface area contributed by atoms with Crippen LogP contribution in [-0.2, 0) is 0 Å². The van der Waals surface area contributed by atoms with Gasteiger partial charge in [0.05, 0.1) is 5.69 Å². The summed E-state index contributed by atoms with van der Waals surface area (Å²) in [5.74, 6) is 0. The SMILES string of the molecule is c1ccc(-c2cccc(N3c4ccc(-c5ccccc5)cc4B4c5c(-c6ccccc6)cccc5N(c5ccccc5-c5ccccc5)c5cccc3c54)c2)cc1. The Hall–Kier alpha value is -7.36. The van der Waals surface area contributed by atoms with Crippen molar-refractivity contribution in [1.82, 2.24) is 0 Å². The lowest BCUT2D eigenvalue weighted by Crippen LogP contribution is -2.62. The quantitative estimate of drug-likeness (QED) is 0.158. The average molecular weight is 725 g/mol. The molecule has 3 heteroatoms. The van der Waals surface area contributed by atoms with Gasteiger partial charge in [-0.1, -0.05) is 182 Å². The maximum atomic E-state index is 2.53. The number of hydrogen-bond donors (Lipinski definition) is 0. The van der Waals surface area contributed by atoms with Gasteiger partial charge in [0.2, 0.25) is 0 Å². The summed E-state index contributed by atoms with van der Waals surface area (Å²) in [6, 6.07) is 82.0. The van der Waals surface area contributed by atoms with Crippen LogP contribution in [0.2, 0.25) is 0 Å². The Balaban J connectivity index is 1.24. The second-order valence-electron chi connectivity index (χ2n) is 14.9. The average Bonchev–Trinajstić information content (AvgIpc) is 3.30. The molecule has 11 rings (SSSR count). The topological polar surface area (TPSA) is 6.48 Å². The molecule has 0 spiro atoms. The molecular weight excluding hydrogens is 687 g/mol. The number of hydrogen-bond acceptors (Lipinski definition) is 2. The number of fused-ring (bicyclic) bond motifs is 4. The Morgan fingerprint density at radius 1 is 0.263 bits per heavy atom. The van der Waals surface area contributed by atoms with Crippen LogP contribution in [-0.4, -0.2) is 6.71 Å². The van der Waals surface area contributed by atoms with E-state index in [1.54, 1.807) is 0 Å². The fourth-order valence-corrected chi connectivity index (χ4v) is 9.19. The van der Waals surface area contributed by atoms with Gasteiger partial charge < -0.3 is 9.80 Å². The summed E-state index contributed by atoms with van der Waals surface area (Å²) < 4.78 is 0. The van der Waals surface area contributed by atoms with E-state index in [1.165, 1.54) is 83.6 Å². The van der Waals surface area contributed by atoms with Gasteiger partial charge in [0.25, 0.3) is 6.71 Å². The summed E-state index contributed by atoms with van der Waals surface area (Å²) in [4.78, 5) is 5.04. The smallest absolute Gasteiger partial charge is 0.252 e. The first-order valence-electron chi connectivity index (χ1n) is 19.7. The van der Waals surface area contributed by atoms with Crippen LogP contribution in [0.4, 0.5) is 34.1 Å². The molecule has 0 aliphatic carbocycles. The third-order valence-electron chi connectivity index (χ3n) is 11.7. The number of para-hydroxylation sites is 1. The molecule has 0 radical (unpaired) electrons. The summed E-state index contributed by atoms with van der Waals surface area (Å²) >= 11 is 0. The van der Waals surface area contributed by atoms with Crippen molar-refractivity contribution in [3.63, 3.8) is 0 Å². The van der Waals surface area contributed by atoms with E-state index in [1.807, 2.05) is 0 Å². The van der Waals surface area contributed by atoms with Crippen LogP contribution in [0.15, 0.2) is 224 Å². The zero-order valence-electron chi connectivity index (χ0n) is 31.3. The van der Waals surface area contributed by atoms with Gasteiger partial charge in [0.15, 0.2) is 0 Å². The molecule has 9 aromatic carbocycles. The minimum Gasteiger partial charge on any atom is -0.311 e. The minimum atomic E-state index is -0.0324. The molecule has 0 amide bonds. The van der Waals surface area contributed by atoms with Crippen LogP contribution in [0.25, 0.3) is 44.5 Å². The van der Waals surface area contributed by atoms with Gasteiger partial charge in [-0.3, -0.25) is 0 Å². The van der Waals surface area contributed by atoms with Crippen molar-refractivity contribution in [2.24, 2.45) is 0 Å². The molecule has 0 fully saturated rings. The van der Waals surface area contributed by atoms with Crippen LogP contribution in [0, 0.1) is 0 Å². The van der Waals surface area contributed by atoms with E-state index in [4.69, 9.17) is 0 Å². The first kappa shape index (κ1) is 33.0. The molecular formula is C54H37BN2. The molecule has 0 unspecified atom stereocenters. The van der Waals surface area contributed by atoms with Gasteiger partial charge >= 0.3 is 0 Å². The van der Waals surface area contributed by atoms with Crippen molar-refractivity contribution < 1.29 is 0 Å². The third kappa shape index (κ3) is 5.51. The van der Waals surface area contributed by atoms with Crippen LogP contribution in [0.3, 0.4) is 0 Å². The number of anilines is 6. The van der Waals surface area contributed by atoms with Crippen LogP contribution in [0.1, 0.15) is 0 Å². The maximum absolute atomic E-state index is 2.53. The lowest BCUT2D eigenvalue weighted by Gasteiger charge is -2.45. The van der Waals surface area contributed by atoms with E-state index in [9.17, 15) is 0 Å². The highest BCUT2D eigenvalue weighted by Crippen LogP contribution is 2.47. The Bertz CT molecular complexity index is 2910. The first-order chi connectivity index (χ1) is 28.3. The van der Waals surface area contributed by atoms with E-state index in [2.05, 4.69) is 234 Å². The Morgan fingerprint density at radius 3 is 1.39 bits per heavy atom. The van der Waals surface area contributed by atoms with Crippen LogP contribution >= 0.6 is 0 Å². The molecule has 0 aromatic heterocycles. The molecule has 2 heterocycles. The number of benzene rings is 9. The van der Waals surface area contributed by atoms with Crippen molar-refractivity contribution in [3.8, 4) is 44.5 Å². The van der Waals surface area contributed by atoms with Crippen LogP contribution in [0.5, 0.6) is 0 Å². The van der Waals surface area contributed by atoms with E-state index in [0.29, 0.717) is 0 Å².